The second kappa shape index (κ2) is 4.01. The van der Waals surface area contributed by atoms with Gasteiger partial charge in [0.2, 0.25) is 0 Å². The van der Waals surface area contributed by atoms with Crippen molar-refractivity contribution in [3.05, 3.63) is 29.9 Å². The molecule has 2 heterocycles. The van der Waals surface area contributed by atoms with Gasteiger partial charge in [0, 0.05) is 12.2 Å². The average molecular weight is 192 g/mol. The quantitative estimate of drug-likeness (QED) is 0.643. The molecule has 6 nitrogen and oxygen atoms in total. The molecule has 0 spiro atoms. The van der Waals surface area contributed by atoms with E-state index in [1.54, 1.807) is 6.33 Å². The van der Waals surface area contributed by atoms with Crippen LogP contribution in [0.15, 0.2) is 12.7 Å². The molecule has 0 amide bonds. The zero-order chi connectivity index (χ0) is 9.80. The largest absolute Gasteiger partial charge is 0.348 e. The average Bonchev–Trinajstić information content (AvgIpc) is 2.78. The topological polar surface area (TPSA) is 82.3 Å². The van der Waals surface area contributed by atoms with Crippen molar-refractivity contribution in [1.29, 1.82) is 0 Å². The maximum Gasteiger partial charge on any atom is 0.138 e. The van der Waals surface area contributed by atoms with Crippen molar-refractivity contribution in [2.24, 2.45) is 0 Å². The molecule has 74 valence electrons. The molecule has 0 aliphatic rings. The highest BCUT2D eigenvalue weighted by atomic mass is 15.2. The molecule has 0 unspecified atom stereocenters. The summed E-state index contributed by atoms with van der Waals surface area (Å²) in [5, 5.41) is 9.75. The summed E-state index contributed by atoms with van der Waals surface area (Å²) in [5.74, 6) is 0.832. The van der Waals surface area contributed by atoms with Gasteiger partial charge in [-0.3, -0.25) is 5.10 Å². The number of nitrogens with zero attached hydrogens (tertiary/aromatic N) is 3. The highest BCUT2D eigenvalue weighted by molar-refractivity contribution is 5.07. The van der Waals surface area contributed by atoms with Crippen LogP contribution in [0.25, 0.3) is 0 Å². The monoisotopic (exact) mass is 192 g/mol. The Balaban J connectivity index is 1.81. The number of aryl methyl sites for hydroxylation is 1. The van der Waals surface area contributed by atoms with Gasteiger partial charge in [-0.25, -0.2) is 9.97 Å². The van der Waals surface area contributed by atoms with Crippen molar-refractivity contribution >= 4 is 0 Å². The van der Waals surface area contributed by atoms with Crippen molar-refractivity contribution < 1.29 is 0 Å². The fraction of sp³-hybridized carbons (Fsp3) is 0.375. The molecule has 0 saturated heterocycles. The van der Waals surface area contributed by atoms with Crippen LogP contribution in [0.3, 0.4) is 0 Å². The summed E-state index contributed by atoms with van der Waals surface area (Å²) in [6.07, 6.45) is 3.19. The Labute approximate surface area is 81.2 Å². The third-order valence-electron chi connectivity index (χ3n) is 1.98. The smallest absolute Gasteiger partial charge is 0.138 e. The summed E-state index contributed by atoms with van der Waals surface area (Å²) in [6, 6.07) is 0. The predicted molar refractivity (Wildman–Crippen MR) is 50.3 cm³/mol. The minimum absolute atomic E-state index is 0.673. The van der Waals surface area contributed by atoms with E-state index >= 15 is 0 Å². The Bertz CT molecular complexity index is 376. The van der Waals surface area contributed by atoms with Gasteiger partial charge >= 0.3 is 0 Å². The molecule has 0 bridgehead atoms. The van der Waals surface area contributed by atoms with Crippen LogP contribution in [-0.2, 0) is 13.1 Å². The Morgan fingerprint density at radius 2 is 2.29 bits per heavy atom. The van der Waals surface area contributed by atoms with E-state index in [-0.39, 0.29) is 0 Å². The summed E-state index contributed by atoms with van der Waals surface area (Å²) in [6.45, 7) is 3.40. The Morgan fingerprint density at radius 3 is 2.93 bits per heavy atom. The lowest BCUT2D eigenvalue weighted by atomic mass is 10.3. The van der Waals surface area contributed by atoms with E-state index in [0.717, 1.165) is 23.8 Å². The molecule has 0 aliphatic heterocycles. The Kier molecular flexibility index (Phi) is 2.55. The molecule has 6 heteroatoms. The number of nitrogens with one attached hydrogen (secondary N) is 3. The van der Waals surface area contributed by atoms with E-state index in [1.807, 2.05) is 6.92 Å². The van der Waals surface area contributed by atoms with Crippen molar-refractivity contribution in [3.8, 4) is 0 Å². The summed E-state index contributed by atoms with van der Waals surface area (Å²) in [4.78, 5) is 11.2. The van der Waals surface area contributed by atoms with Gasteiger partial charge in [0.05, 0.1) is 18.6 Å². The third-order valence-corrected chi connectivity index (χ3v) is 1.98. The highest BCUT2D eigenvalue weighted by Crippen LogP contribution is 1.99. The van der Waals surface area contributed by atoms with Crippen LogP contribution >= 0.6 is 0 Å². The molecular weight excluding hydrogens is 180 g/mol. The van der Waals surface area contributed by atoms with E-state index < -0.39 is 0 Å². The SMILES string of the molecule is Cc1[nH]cnc1CNCc1ncn[nH]1. The summed E-state index contributed by atoms with van der Waals surface area (Å²) < 4.78 is 0. The van der Waals surface area contributed by atoms with Gasteiger partial charge in [-0.1, -0.05) is 0 Å². The first-order chi connectivity index (χ1) is 6.86. The summed E-state index contributed by atoms with van der Waals surface area (Å²) >= 11 is 0. The Morgan fingerprint density at radius 1 is 1.36 bits per heavy atom. The number of aromatic nitrogens is 5. The van der Waals surface area contributed by atoms with Crippen LogP contribution in [-0.4, -0.2) is 25.1 Å². The first kappa shape index (κ1) is 8.89. The van der Waals surface area contributed by atoms with E-state index in [0.29, 0.717) is 6.54 Å². The van der Waals surface area contributed by atoms with E-state index in [4.69, 9.17) is 0 Å². The minimum atomic E-state index is 0.673. The molecule has 0 aliphatic carbocycles. The summed E-state index contributed by atoms with van der Waals surface area (Å²) in [7, 11) is 0. The van der Waals surface area contributed by atoms with Crippen LogP contribution < -0.4 is 5.32 Å². The minimum Gasteiger partial charge on any atom is -0.348 e. The fourth-order valence-corrected chi connectivity index (χ4v) is 1.18. The van der Waals surface area contributed by atoms with E-state index in [2.05, 4.69) is 30.5 Å². The summed E-state index contributed by atoms with van der Waals surface area (Å²) in [5.41, 5.74) is 2.12. The molecule has 2 rings (SSSR count). The second-order valence-corrected chi connectivity index (χ2v) is 3.01. The lowest BCUT2D eigenvalue weighted by Crippen LogP contribution is -2.14. The van der Waals surface area contributed by atoms with Gasteiger partial charge in [-0.15, -0.1) is 0 Å². The molecule has 0 aromatic carbocycles. The maximum atomic E-state index is 4.17. The molecule has 0 atom stereocenters. The van der Waals surface area contributed by atoms with E-state index in [9.17, 15) is 0 Å². The Hall–Kier alpha value is -1.69. The number of H-pyrrole nitrogens is 2. The van der Waals surface area contributed by atoms with Gasteiger partial charge in [-0.05, 0) is 6.92 Å². The first-order valence-corrected chi connectivity index (χ1v) is 4.40. The second-order valence-electron chi connectivity index (χ2n) is 3.01. The third kappa shape index (κ3) is 1.97. The molecular formula is C8H12N6. The molecule has 3 N–H and O–H groups in total. The normalized spacial score (nSPS) is 10.6. The zero-order valence-electron chi connectivity index (χ0n) is 7.91. The molecule has 0 fully saturated rings. The van der Waals surface area contributed by atoms with Gasteiger partial charge in [0.25, 0.3) is 0 Å². The zero-order valence-corrected chi connectivity index (χ0v) is 7.91. The molecule has 14 heavy (non-hydrogen) atoms. The molecule has 0 radical (unpaired) electrons. The highest BCUT2D eigenvalue weighted by Gasteiger charge is 2.00. The van der Waals surface area contributed by atoms with Crippen molar-refractivity contribution in [1.82, 2.24) is 30.5 Å². The number of rotatable bonds is 4. The van der Waals surface area contributed by atoms with Crippen LogP contribution in [0.2, 0.25) is 0 Å². The molecule has 0 saturated carbocycles. The van der Waals surface area contributed by atoms with Crippen LogP contribution in [0.1, 0.15) is 17.2 Å². The maximum absolute atomic E-state index is 4.17. The molecule has 2 aromatic rings. The standard InChI is InChI=1S/C8H12N6/c1-6-7(11-4-10-6)2-9-3-8-12-5-13-14-8/h4-5,9H,2-3H2,1H3,(H,10,11)(H,12,13,14). The first-order valence-electron chi connectivity index (χ1n) is 4.40. The predicted octanol–water partition coefficient (Wildman–Crippen LogP) is 0.126. The molecule has 2 aromatic heterocycles. The number of imidazole rings is 1. The van der Waals surface area contributed by atoms with Gasteiger partial charge in [-0.2, -0.15) is 5.10 Å². The van der Waals surface area contributed by atoms with Gasteiger partial charge < -0.3 is 10.3 Å². The van der Waals surface area contributed by atoms with E-state index in [1.165, 1.54) is 6.33 Å². The van der Waals surface area contributed by atoms with Gasteiger partial charge in [0.15, 0.2) is 0 Å². The number of hydrogen-bond donors (Lipinski definition) is 3. The van der Waals surface area contributed by atoms with Crippen LogP contribution in [0.4, 0.5) is 0 Å². The van der Waals surface area contributed by atoms with Crippen molar-refractivity contribution in [3.63, 3.8) is 0 Å². The van der Waals surface area contributed by atoms with Crippen molar-refractivity contribution in [2.45, 2.75) is 20.0 Å². The lowest BCUT2D eigenvalue weighted by Gasteiger charge is -1.99. The van der Waals surface area contributed by atoms with Crippen molar-refractivity contribution in [2.75, 3.05) is 0 Å². The van der Waals surface area contributed by atoms with Gasteiger partial charge in [0.1, 0.15) is 12.2 Å². The number of hydrogen-bond acceptors (Lipinski definition) is 4. The van der Waals surface area contributed by atoms with Crippen LogP contribution in [0, 0.1) is 6.92 Å². The fourth-order valence-electron chi connectivity index (χ4n) is 1.18. The lowest BCUT2D eigenvalue weighted by molar-refractivity contribution is 0.653. The van der Waals surface area contributed by atoms with Crippen LogP contribution in [0.5, 0.6) is 0 Å². The number of aromatic amines is 2.